The molecule has 1 aromatic heterocycles. The lowest BCUT2D eigenvalue weighted by Crippen LogP contribution is -2.60. The number of nitrogens with one attached hydrogen (secondary N) is 1. The molecule has 1 heterocycles. The number of hydrogen-bond donors (Lipinski definition) is 1. The van der Waals surface area contributed by atoms with Gasteiger partial charge in [0.05, 0.1) is 5.39 Å². The molecule has 0 unspecified atom stereocenters. The molecular weight excluding hydrogens is 350 g/mol. The summed E-state index contributed by atoms with van der Waals surface area (Å²) in [6.45, 7) is 4.62. The average molecular weight is 380 g/mol. The van der Waals surface area contributed by atoms with Crippen LogP contribution in [0.25, 0.3) is 10.8 Å². The normalized spacial score (nSPS) is 30.9. The topological polar surface area (TPSA) is 64.0 Å². The second kappa shape index (κ2) is 6.43. The van der Waals surface area contributed by atoms with Crippen LogP contribution in [0.3, 0.4) is 0 Å². The largest absolute Gasteiger partial charge is 0.345 e. The Kier molecular flexibility index (Phi) is 4.11. The first-order valence-electron chi connectivity index (χ1n) is 10.7. The zero-order chi connectivity index (χ0) is 19.5. The number of carbonyl (C=O) groups excluding carboxylic acids is 1. The highest BCUT2D eigenvalue weighted by Crippen LogP contribution is 2.55. The molecule has 4 fully saturated rings. The Bertz CT molecular complexity index is 956. The van der Waals surface area contributed by atoms with E-state index in [1.54, 1.807) is 6.07 Å². The van der Waals surface area contributed by atoms with E-state index < -0.39 is 0 Å². The number of nitrogens with zero attached hydrogens (tertiary/aromatic N) is 2. The average Bonchev–Trinajstić information content (AvgIpc) is 2.62. The van der Waals surface area contributed by atoms with Crippen LogP contribution in [0.4, 0.5) is 0 Å². The standard InChI is InChI=1S/C23H29N3O2/c1-14(2)13-26-22(28)19-6-4-3-5-18(19)20(25-26)21(27)24-23-10-15-7-16(11-23)9-17(8-15)12-23/h3-6,14-17H,7-13H2,1-2H3,(H,24,27). The molecule has 0 radical (unpaired) electrons. The van der Waals surface area contributed by atoms with Crippen molar-refractivity contribution in [3.8, 4) is 0 Å². The number of hydrogen-bond acceptors (Lipinski definition) is 3. The molecule has 1 aromatic carbocycles. The maximum Gasteiger partial charge on any atom is 0.274 e. The highest BCUT2D eigenvalue weighted by molar-refractivity contribution is 6.05. The van der Waals surface area contributed by atoms with Crippen LogP contribution < -0.4 is 10.9 Å². The maximum absolute atomic E-state index is 13.4. The molecule has 4 bridgehead atoms. The van der Waals surface area contributed by atoms with Gasteiger partial charge in [0.15, 0.2) is 5.69 Å². The molecule has 0 atom stereocenters. The second-order valence-corrected chi connectivity index (χ2v) is 9.93. The van der Waals surface area contributed by atoms with Gasteiger partial charge in [0, 0.05) is 17.5 Å². The molecule has 2 aromatic rings. The van der Waals surface area contributed by atoms with E-state index in [1.165, 1.54) is 23.9 Å². The molecular formula is C23H29N3O2. The Labute approximate surface area is 165 Å². The number of rotatable bonds is 4. The first-order valence-corrected chi connectivity index (χ1v) is 10.7. The van der Waals surface area contributed by atoms with Gasteiger partial charge in [-0.25, -0.2) is 4.68 Å². The SMILES string of the molecule is CC(C)Cn1nc(C(=O)NC23CC4CC(CC(C4)C2)C3)c2ccccc2c1=O. The zero-order valence-electron chi connectivity index (χ0n) is 16.8. The predicted molar refractivity (Wildman–Crippen MR) is 109 cm³/mol. The smallest absolute Gasteiger partial charge is 0.274 e. The van der Waals surface area contributed by atoms with Gasteiger partial charge in [0.2, 0.25) is 0 Å². The summed E-state index contributed by atoms with van der Waals surface area (Å²) in [6, 6.07) is 7.37. The fraction of sp³-hybridized carbons (Fsp3) is 0.609. The van der Waals surface area contributed by atoms with E-state index in [0.29, 0.717) is 23.0 Å². The third-order valence-corrected chi connectivity index (χ3v) is 7.04. The van der Waals surface area contributed by atoms with Crippen LogP contribution >= 0.6 is 0 Å². The molecule has 6 rings (SSSR count). The van der Waals surface area contributed by atoms with E-state index in [-0.39, 0.29) is 22.9 Å². The van der Waals surface area contributed by atoms with Crippen LogP contribution in [-0.4, -0.2) is 21.2 Å². The van der Waals surface area contributed by atoms with Crippen LogP contribution in [-0.2, 0) is 6.54 Å². The minimum atomic E-state index is -0.115. The molecule has 1 N–H and O–H groups in total. The first kappa shape index (κ1) is 17.9. The Hall–Kier alpha value is -2.17. The summed E-state index contributed by atoms with van der Waals surface area (Å²) < 4.78 is 1.47. The molecule has 0 spiro atoms. The summed E-state index contributed by atoms with van der Waals surface area (Å²) in [5, 5.41) is 9.19. The van der Waals surface area contributed by atoms with Crippen LogP contribution in [0, 0.1) is 23.7 Å². The monoisotopic (exact) mass is 379 g/mol. The maximum atomic E-state index is 13.4. The molecule has 0 saturated heterocycles. The quantitative estimate of drug-likeness (QED) is 0.880. The second-order valence-electron chi connectivity index (χ2n) is 9.93. The highest BCUT2D eigenvalue weighted by Gasteiger charge is 2.51. The van der Waals surface area contributed by atoms with Crippen molar-refractivity contribution in [3.63, 3.8) is 0 Å². The van der Waals surface area contributed by atoms with Gasteiger partial charge in [0.25, 0.3) is 11.5 Å². The minimum absolute atomic E-state index is 0.0619. The zero-order valence-corrected chi connectivity index (χ0v) is 16.8. The van der Waals surface area contributed by atoms with E-state index >= 15 is 0 Å². The highest BCUT2D eigenvalue weighted by atomic mass is 16.2. The van der Waals surface area contributed by atoms with Crippen LogP contribution in [0.1, 0.15) is 62.9 Å². The molecule has 28 heavy (non-hydrogen) atoms. The molecule has 148 valence electrons. The Balaban J connectivity index is 1.53. The van der Waals surface area contributed by atoms with Gasteiger partial charge < -0.3 is 5.32 Å². The van der Waals surface area contributed by atoms with Crippen molar-refractivity contribution in [3.05, 3.63) is 40.3 Å². The van der Waals surface area contributed by atoms with Gasteiger partial charge in [-0.3, -0.25) is 9.59 Å². The van der Waals surface area contributed by atoms with Gasteiger partial charge in [0.1, 0.15) is 0 Å². The predicted octanol–water partition coefficient (Wildman–Crippen LogP) is 3.75. The fourth-order valence-electron chi connectivity index (χ4n) is 6.44. The van der Waals surface area contributed by atoms with Gasteiger partial charge in [-0.1, -0.05) is 32.0 Å². The van der Waals surface area contributed by atoms with Crippen LogP contribution in [0.5, 0.6) is 0 Å². The van der Waals surface area contributed by atoms with E-state index in [2.05, 4.69) is 24.3 Å². The number of benzene rings is 1. The molecule has 4 saturated carbocycles. The number of carbonyl (C=O) groups is 1. The van der Waals surface area contributed by atoms with Gasteiger partial charge in [-0.15, -0.1) is 0 Å². The van der Waals surface area contributed by atoms with Gasteiger partial charge in [-0.05, 0) is 68.3 Å². The molecule has 4 aliphatic carbocycles. The van der Waals surface area contributed by atoms with Crippen LogP contribution in [0.15, 0.2) is 29.1 Å². The van der Waals surface area contributed by atoms with Crippen molar-refractivity contribution < 1.29 is 4.79 Å². The van der Waals surface area contributed by atoms with E-state index in [1.807, 2.05) is 18.2 Å². The van der Waals surface area contributed by atoms with Crippen molar-refractivity contribution in [1.29, 1.82) is 0 Å². The molecule has 5 nitrogen and oxygen atoms in total. The molecule has 0 aliphatic heterocycles. The molecule has 5 heteroatoms. The van der Waals surface area contributed by atoms with Crippen molar-refractivity contribution in [2.45, 2.75) is 64.5 Å². The van der Waals surface area contributed by atoms with E-state index in [4.69, 9.17) is 0 Å². The third kappa shape index (κ3) is 2.96. The van der Waals surface area contributed by atoms with Gasteiger partial charge >= 0.3 is 0 Å². The Morgan fingerprint density at radius 3 is 2.25 bits per heavy atom. The van der Waals surface area contributed by atoms with Crippen molar-refractivity contribution >= 4 is 16.7 Å². The number of fused-ring (bicyclic) bond motifs is 1. The summed E-state index contributed by atoms with van der Waals surface area (Å²) in [6.07, 6.45) is 7.34. The summed E-state index contributed by atoms with van der Waals surface area (Å²) in [4.78, 5) is 26.2. The van der Waals surface area contributed by atoms with E-state index in [0.717, 1.165) is 37.0 Å². The van der Waals surface area contributed by atoms with Gasteiger partial charge in [-0.2, -0.15) is 5.10 Å². The number of amides is 1. The minimum Gasteiger partial charge on any atom is -0.345 e. The Morgan fingerprint density at radius 1 is 1.11 bits per heavy atom. The summed E-state index contributed by atoms with van der Waals surface area (Å²) in [7, 11) is 0. The lowest BCUT2D eigenvalue weighted by Gasteiger charge is -2.56. The first-order chi connectivity index (χ1) is 13.4. The third-order valence-electron chi connectivity index (χ3n) is 7.04. The lowest BCUT2D eigenvalue weighted by molar-refractivity contribution is -0.0167. The van der Waals surface area contributed by atoms with Crippen LogP contribution in [0.2, 0.25) is 0 Å². The molecule has 1 amide bonds. The summed E-state index contributed by atoms with van der Waals surface area (Å²) in [5.74, 6) is 2.48. The summed E-state index contributed by atoms with van der Waals surface area (Å²) >= 11 is 0. The van der Waals surface area contributed by atoms with Crippen molar-refractivity contribution in [1.82, 2.24) is 15.1 Å². The fourth-order valence-corrected chi connectivity index (χ4v) is 6.44. The summed E-state index contributed by atoms with van der Waals surface area (Å²) in [5.41, 5.74) is 0.218. The van der Waals surface area contributed by atoms with E-state index in [9.17, 15) is 9.59 Å². The van der Waals surface area contributed by atoms with Crippen molar-refractivity contribution in [2.24, 2.45) is 23.7 Å². The number of aromatic nitrogens is 2. The van der Waals surface area contributed by atoms with Crippen molar-refractivity contribution in [2.75, 3.05) is 0 Å². The Morgan fingerprint density at radius 2 is 1.68 bits per heavy atom. The lowest BCUT2D eigenvalue weighted by atomic mass is 9.53. The molecule has 4 aliphatic rings.